The highest BCUT2D eigenvalue weighted by Crippen LogP contribution is 2.15. The van der Waals surface area contributed by atoms with E-state index >= 15 is 0 Å². The predicted octanol–water partition coefficient (Wildman–Crippen LogP) is 2.58. The Kier molecular flexibility index (Phi) is 7.01. The lowest BCUT2D eigenvalue weighted by Gasteiger charge is -2.37. The van der Waals surface area contributed by atoms with E-state index in [2.05, 4.69) is 21.2 Å². The van der Waals surface area contributed by atoms with E-state index in [-0.39, 0.29) is 11.9 Å². The zero-order valence-corrected chi connectivity index (χ0v) is 16.2. The fraction of sp³-hybridized carbons (Fsp3) is 0.364. The van der Waals surface area contributed by atoms with Crippen LogP contribution in [0.4, 0.5) is 5.69 Å². The van der Waals surface area contributed by atoms with Crippen LogP contribution in [-0.2, 0) is 4.79 Å². The first-order chi connectivity index (χ1) is 13.7. The van der Waals surface area contributed by atoms with Gasteiger partial charge in [-0.1, -0.05) is 30.3 Å². The minimum absolute atomic E-state index is 0.0800. The lowest BCUT2D eigenvalue weighted by molar-refractivity contribution is -0.121. The van der Waals surface area contributed by atoms with Crippen molar-refractivity contribution in [2.45, 2.75) is 13.0 Å². The summed E-state index contributed by atoms with van der Waals surface area (Å²) in [6, 6.07) is 18.8. The van der Waals surface area contributed by atoms with Crippen LogP contribution >= 0.6 is 0 Å². The number of hydrogen-bond donors (Lipinski definition) is 1. The van der Waals surface area contributed by atoms with E-state index < -0.39 is 0 Å². The van der Waals surface area contributed by atoms with Gasteiger partial charge in [-0.2, -0.15) is 5.26 Å². The second-order valence-electron chi connectivity index (χ2n) is 6.86. The minimum atomic E-state index is -0.241. The number of hydrogen-bond acceptors (Lipinski definition) is 5. The Morgan fingerprint density at radius 3 is 2.50 bits per heavy atom. The van der Waals surface area contributed by atoms with Gasteiger partial charge in [-0.05, 0) is 31.2 Å². The SMILES string of the molecule is C[C@H](C(=O)Nc1ccccc1C#N)N1CCN(CCOc2ccccc2)CC1. The van der Waals surface area contributed by atoms with Gasteiger partial charge in [-0.3, -0.25) is 14.6 Å². The first-order valence-corrected chi connectivity index (χ1v) is 9.61. The summed E-state index contributed by atoms with van der Waals surface area (Å²) < 4.78 is 5.76. The summed E-state index contributed by atoms with van der Waals surface area (Å²) in [6.45, 7) is 6.93. The second-order valence-corrected chi connectivity index (χ2v) is 6.86. The molecule has 2 aromatic carbocycles. The van der Waals surface area contributed by atoms with E-state index in [4.69, 9.17) is 10.00 Å². The van der Waals surface area contributed by atoms with Crippen molar-refractivity contribution in [3.63, 3.8) is 0 Å². The van der Waals surface area contributed by atoms with Crippen molar-refractivity contribution < 1.29 is 9.53 Å². The number of ether oxygens (including phenoxy) is 1. The van der Waals surface area contributed by atoms with Gasteiger partial charge in [0.25, 0.3) is 0 Å². The van der Waals surface area contributed by atoms with Gasteiger partial charge in [0.15, 0.2) is 0 Å². The molecule has 1 aliphatic heterocycles. The molecule has 1 N–H and O–H groups in total. The van der Waals surface area contributed by atoms with Gasteiger partial charge < -0.3 is 10.1 Å². The van der Waals surface area contributed by atoms with E-state index in [0.717, 1.165) is 38.5 Å². The standard InChI is InChI=1S/C22H26N4O2/c1-18(22(27)24-21-10-6-5-7-19(21)17-23)26-13-11-25(12-14-26)15-16-28-20-8-3-2-4-9-20/h2-10,18H,11-16H2,1H3,(H,24,27)/t18-/m1/s1. The summed E-state index contributed by atoms with van der Waals surface area (Å²) in [5, 5.41) is 12.0. The van der Waals surface area contributed by atoms with Crippen LogP contribution in [0.2, 0.25) is 0 Å². The number of amides is 1. The number of benzene rings is 2. The fourth-order valence-corrected chi connectivity index (χ4v) is 3.28. The lowest BCUT2D eigenvalue weighted by atomic mass is 10.1. The van der Waals surface area contributed by atoms with Gasteiger partial charge in [-0.25, -0.2) is 0 Å². The van der Waals surface area contributed by atoms with E-state index in [1.807, 2.05) is 43.3 Å². The van der Waals surface area contributed by atoms with Crippen LogP contribution in [0.15, 0.2) is 54.6 Å². The van der Waals surface area contributed by atoms with Crippen LogP contribution in [0.3, 0.4) is 0 Å². The highest BCUT2D eigenvalue weighted by Gasteiger charge is 2.25. The number of nitrogens with zero attached hydrogens (tertiary/aromatic N) is 3. The van der Waals surface area contributed by atoms with Gasteiger partial charge in [-0.15, -0.1) is 0 Å². The van der Waals surface area contributed by atoms with E-state index in [9.17, 15) is 4.79 Å². The molecule has 1 saturated heterocycles. The molecule has 146 valence electrons. The third-order valence-corrected chi connectivity index (χ3v) is 5.06. The van der Waals surface area contributed by atoms with Crippen molar-refractivity contribution in [2.75, 3.05) is 44.6 Å². The monoisotopic (exact) mass is 378 g/mol. The van der Waals surface area contributed by atoms with Crippen molar-refractivity contribution in [3.8, 4) is 11.8 Å². The smallest absolute Gasteiger partial charge is 0.241 e. The molecule has 0 unspecified atom stereocenters. The number of carbonyl (C=O) groups is 1. The van der Waals surface area contributed by atoms with Crippen molar-refractivity contribution in [3.05, 3.63) is 60.2 Å². The number of anilines is 1. The molecule has 6 nitrogen and oxygen atoms in total. The van der Waals surface area contributed by atoms with Gasteiger partial charge >= 0.3 is 0 Å². The van der Waals surface area contributed by atoms with Gasteiger partial charge in [0.2, 0.25) is 5.91 Å². The molecule has 1 aliphatic rings. The quantitative estimate of drug-likeness (QED) is 0.802. The third-order valence-electron chi connectivity index (χ3n) is 5.06. The van der Waals surface area contributed by atoms with E-state index in [1.54, 1.807) is 18.2 Å². The lowest BCUT2D eigenvalue weighted by Crippen LogP contribution is -2.53. The van der Waals surface area contributed by atoms with Crippen molar-refractivity contribution in [2.24, 2.45) is 0 Å². The number of nitrogens with one attached hydrogen (secondary N) is 1. The highest BCUT2D eigenvalue weighted by atomic mass is 16.5. The average molecular weight is 378 g/mol. The van der Waals surface area contributed by atoms with Gasteiger partial charge in [0.05, 0.1) is 17.3 Å². The Morgan fingerprint density at radius 2 is 1.79 bits per heavy atom. The summed E-state index contributed by atoms with van der Waals surface area (Å²) in [7, 11) is 0. The normalized spacial score (nSPS) is 16.1. The van der Waals surface area contributed by atoms with Crippen molar-refractivity contribution >= 4 is 11.6 Å². The van der Waals surface area contributed by atoms with E-state index in [1.165, 1.54) is 0 Å². The minimum Gasteiger partial charge on any atom is -0.492 e. The Balaban J connectivity index is 1.42. The van der Waals surface area contributed by atoms with E-state index in [0.29, 0.717) is 17.9 Å². The highest BCUT2D eigenvalue weighted by molar-refractivity contribution is 5.95. The number of rotatable bonds is 7. The zero-order chi connectivity index (χ0) is 19.8. The Morgan fingerprint density at radius 1 is 1.11 bits per heavy atom. The van der Waals surface area contributed by atoms with Crippen LogP contribution in [-0.4, -0.2) is 61.1 Å². The molecule has 0 spiro atoms. The molecule has 0 saturated carbocycles. The molecule has 0 bridgehead atoms. The fourth-order valence-electron chi connectivity index (χ4n) is 3.28. The zero-order valence-electron chi connectivity index (χ0n) is 16.2. The van der Waals surface area contributed by atoms with Gasteiger partial charge in [0.1, 0.15) is 18.4 Å². The molecule has 6 heteroatoms. The Labute approximate surface area is 166 Å². The average Bonchev–Trinajstić information content (AvgIpc) is 2.75. The largest absolute Gasteiger partial charge is 0.492 e. The van der Waals surface area contributed by atoms with Crippen LogP contribution in [0.25, 0.3) is 0 Å². The molecule has 0 aliphatic carbocycles. The van der Waals surface area contributed by atoms with Crippen LogP contribution in [0.5, 0.6) is 5.75 Å². The molecule has 28 heavy (non-hydrogen) atoms. The molecule has 3 rings (SSSR count). The molecular formula is C22H26N4O2. The Hall–Kier alpha value is -2.88. The molecule has 2 aromatic rings. The molecule has 1 amide bonds. The summed E-state index contributed by atoms with van der Waals surface area (Å²) in [5.41, 5.74) is 1.05. The molecule has 0 aromatic heterocycles. The topological polar surface area (TPSA) is 68.6 Å². The summed E-state index contributed by atoms with van der Waals surface area (Å²) in [6.07, 6.45) is 0. The predicted molar refractivity (Wildman–Crippen MR) is 109 cm³/mol. The second kappa shape index (κ2) is 9.88. The number of nitriles is 1. The van der Waals surface area contributed by atoms with Crippen LogP contribution < -0.4 is 10.1 Å². The maximum atomic E-state index is 12.6. The van der Waals surface area contributed by atoms with Crippen LogP contribution in [0.1, 0.15) is 12.5 Å². The summed E-state index contributed by atoms with van der Waals surface area (Å²) in [4.78, 5) is 17.1. The molecule has 1 heterocycles. The first-order valence-electron chi connectivity index (χ1n) is 9.61. The number of piperazine rings is 1. The summed E-state index contributed by atoms with van der Waals surface area (Å²) >= 11 is 0. The summed E-state index contributed by atoms with van der Waals surface area (Å²) in [5.74, 6) is 0.813. The maximum Gasteiger partial charge on any atom is 0.241 e. The van der Waals surface area contributed by atoms with Crippen molar-refractivity contribution in [1.82, 2.24) is 9.80 Å². The Bertz CT molecular complexity index is 811. The number of para-hydroxylation sites is 2. The first kappa shape index (κ1) is 19.9. The van der Waals surface area contributed by atoms with Crippen LogP contribution in [0, 0.1) is 11.3 Å². The third kappa shape index (κ3) is 5.32. The molecule has 1 fully saturated rings. The molecule has 0 radical (unpaired) electrons. The number of carbonyl (C=O) groups excluding carboxylic acids is 1. The van der Waals surface area contributed by atoms with Crippen molar-refractivity contribution in [1.29, 1.82) is 5.26 Å². The van der Waals surface area contributed by atoms with Gasteiger partial charge in [0, 0.05) is 32.7 Å². The maximum absolute atomic E-state index is 12.6. The molecular weight excluding hydrogens is 352 g/mol. The molecule has 1 atom stereocenters.